The van der Waals surface area contributed by atoms with Gasteiger partial charge in [-0.1, -0.05) is 26.2 Å². The second-order valence-corrected chi connectivity index (χ2v) is 6.00. The fraction of sp³-hybridized carbons (Fsp3) is 0.529. The minimum Gasteiger partial charge on any atom is -0.478 e. The molecule has 0 atom stereocenters. The van der Waals surface area contributed by atoms with E-state index < -0.39 is 5.97 Å². The van der Waals surface area contributed by atoms with E-state index in [1.54, 1.807) is 12.1 Å². The van der Waals surface area contributed by atoms with Crippen molar-refractivity contribution in [1.82, 2.24) is 9.55 Å². The predicted molar refractivity (Wildman–Crippen MR) is 82.6 cm³/mol. The zero-order valence-corrected chi connectivity index (χ0v) is 12.5. The van der Waals surface area contributed by atoms with Gasteiger partial charge in [-0.2, -0.15) is 0 Å². The molecule has 4 nitrogen and oxygen atoms in total. The minimum absolute atomic E-state index is 0.343. The van der Waals surface area contributed by atoms with Crippen molar-refractivity contribution in [3.8, 4) is 0 Å². The Morgan fingerprint density at radius 2 is 2.10 bits per heavy atom. The molecule has 1 N–H and O–H groups in total. The molecule has 112 valence electrons. The van der Waals surface area contributed by atoms with Crippen molar-refractivity contribution in [2.24, 2.45) is 5.92 Å². The van der Waals surface area contributed by atoms with Gasteiger partial charge in [0.1, 0.15) is 5.82 Å². The summed E-state index contributed by atoms with van der Waals surface area (Å²) < 4.78 is 2.25. The zero-order chi connectivity index (χ0) is 14.8. The molecule has 0 bridgehead atoms. The molecule has 0 amide bonds. The summed E-state index contributed by atoms with van der Waals surface area (Å²) in [5.74, 6) is 0.897. The second-order valence-electron chi connectivity index (χ2n) is 6.00. The van der Waals surface area contributed by atoms with E-state index in [9.17, 15) is 9.90 Å². The third kappa shape index (κ3) is 2.80. The SMILES string of the molecule is CCc1nc2ccc(C(=O)O)cc2n1CC1CCCCC1. The summed E-state index contributed by atoms with van der Waals surface area (Å²) in [4.78, 5) is 15.9. The highest BCUT2D eigenvalue weighted by atomic mass is 16.4. The maximum absolute atomic E-state index is 11.2. The molecule has 1 saturated carbocycles. The zero-order valence-electron chi connectivity index (χ0n) is 12.5. The first-order valence-electron chi connectivity index (χ1n) is 7.91. The number of aromatic nitrogens is 2. The molecule has 0 spiro atoms. The summed E-state index contributed by atoms with van der Waals surface area (Å²) >= 11 is 0. The number of fused-ring (bicyclic) bond motifs is 1. The molecular formula is C17H22N2O2. The first-order valence-corrected chi connectivity index (χ1v) is 7.91. The number of imidazole rings is 1. The first kappa shape index (κ1) is 14.1. The van der Waals surface area contributed by atoms with E-state index in [1.165, 1.54) is 32.1 Å². The number of benzene rings is 1. The van der Waals surface area contributed by atoms with Gasteiger partial charge in [-0.25, -0.2) is 9.78 Å². The Morgan fingerprint density at radius 3 is 2.76 bits per heavy atom. The molecule has 1 aliphatic carbocycles. The van der Waals surface area contributed by atoms with Crippen LogP contribution < -0.4 is 0 Å². The molecule has 21 heavy (non-hydrogen) atoms. The number of hydrogen-bond acceptors (Lipinski definition) is 2. The minimum atomic E-state index is -0.875. The van der Waals surface area contributed by atoms with Gasteiger partial charge in [-0.3, -0.25) is 0 Å². The van der Waals surface area contributed by atoms with Crippen molar-refractivity contribution in [1.29, 1.82) is 0 Å². The first-order chi connectivity index (χ1) is 10.2. The van der Waals surface area contributed by atoms with E-state index in [0.29, 0.717) is 11.5 Å². The van der Waals surface area contributed by atoms with Crippen LogP contribution in [0.15, 0.2) is 18.2 Å². The van der Waals surface area contributed by atoms with Crippen molar-refractivity contribution in [3.05, 3.63) is 29.6 Å². The van der Waals surface area contributed by atoms with Crippen LogP contribution in [0.5, 0.6) is 0 Å². The van der Waals surface area contributed by atoms with Crippen LogP contribution in [-0.2, 0) is 13.0 Å². The topological polar surface area (TPSA) is 55.1 Å². The fourth-order valence-electron chi connectivity index (χ4n) is 3.41. The lowest BCUT2D eigenvalue weighted by Crippen LogP contribution is -2.16. The van der Waals surface area contributed by atoms with Crippen LogP contribution in [0.3, 0.4) is 0 Å². The third-order valence-corrected chi connectivity index (χ3v) is 4.56. The van der Waals surface area contributed by atoms with Gasteiger partial charge in [0.15, 0.2) is 0 Å². The van der Waals surface area contributed by atoms with Crippen LogP contribution >= 0.6 is 0 Å². The number of carboxylic acid groups (broad SMARTS) is 1. The number of carboxylic acids is 1. The summed E-state index contributed by atoms with van der Waals surface area (Å²) in [6.07, 6.45) is 7.43. The van der Waals surface area contributed by atoms with Crippen molar-refractivity contribution in [3.63, 3.8) is 0 Å². The molecule has 1 aromatic carbocycles. The van der Waals surface area contributed by atoms with Gasteiger partial charge in [0.05, 0.1) is 16.6 Å². The Hall–Kier alpha value is -1.84. The van der Waals surface area contributed by atoms with E-state index in [1.807, 2.05) is 6.07 Å². The number of hydrogen-bond donors (Lipinski definition) is 1. The molecule has 1 aliphatic rings. The lowest BCUT2D eigenvalue weighted by molar-refractivity contribution is 0.0697. The molecule has 1 aromatic heterocycles. The quantitative estimate of drug-likeness (QED) is 0.928. The Morgan fingerprint density at radius 1 is 1.33 bits per heavy atom. The maximum Gasteiger partial charge on any atom is 0.335 e. The molecule has 1 fully saturated rings. The monoisotopic (exact) mass is 286 g/mol. The Balaban J connectivity index is 2.00. The number of carbonyl (C=O) groups is 1. The van der Waals surface area contributed by atoms with E-state index in [-0.39, 0.29) is 0 Å². The molecule has 1 heterocycles. The van der Waals surface area contributed by atoms with Gasteiger partial charge in [0.2, 0.25) is 0 Å². The average molecular weight is 286 g/mol. The van der Waals surface area contributed by atoms with Crippen molar-refractivity contribution in [2.75, 3.05) is 0 Å². The molecular weight excluding hydrogens is 264 g/mol. The Bertz CT molecular complexity index is 654. The smallest absolute Gasteiger partial charge is 0.335 e. The van der Waals surface area contributed by atoms with Gasteiger partial charge >= 0.3 is 5.97 Å². The van der Waals surface area contributed by atoms with Gasteiger partial charge < -0.3 is 9.67 Å². The largest absolute Gasteiger partial charge is 0.478 e. The van der Waals surface area contributed by atoms with Crippen LogP contribution in [0.25, 0.3) is 11.0 Å². The normalized spacial score (nSPS) is 16.4. The molecule has 4 heteroatoms. The van der Waals surface area contributed by atoms with Crippen LogP contribution in [0.4, 0.5) is 0 Å². The average Bonchev–Trinajstić information content (AvgIpc) is 2.85. The highest BCUT2D eigenvalue weighted by molar-refractivity contribution is 5.92. The number of aromatic carboxylic acids is 1. The summed E-state index contributed by atoms with van der Waals surface area (Å²) in [5.41, 5.74) is 2.22. The summed E-state index contributed by atoms with van der Waals surface area (Å²) in [6, 6.07) is 5.24. The van der Waals surface area contributed by atoms with Crippen molar-refractivity contribution >= 4 is 17.0 Å². The van der Waals surface area contributed by atoms with E-state index in [2.05, 4.69) is 16.5 Å². The van der Waals surface area contributed by atoms with Gasteiger partial charge in [0.25, 0.3) is 0 Å². The molecule has 0 unspecified atom stereocenters. The third-order valence-electron chi connectivity index (χ3n) is 4.56. The lowest BCUT2D eigenvalue weighted by Gasteiger charge is -2.23. The van der Waals surface area contributed by atoms with Crippen LogP contribution in [0.1, 0.15) is 55.2 Å². The standard InChI is InChI=1S/C17H22N2O2/c1-2-16-18-14-9-8-13(17(20)21)10-15(14)19(16)11-12-6-4-3-5-7-12/h8-10,12H,2-7,11H2,1H3,(H,20,21). The summed E-state index contributed by atoms with van der Waals surface area (Å²) in [7, 11) is 0. The number of rotatable bonds is 4. The summed E-state index contributed by atoms with van der Waals surface area (Å²) in [5, 5.41) is 9.19. The van der Waals surface area contributed by atoms with Gasteiger partial charge in [-0.05, 0) is 37.0 Å². The van der Waals surface area contributed by atoms with Crippen molar-refractivity contribution in [2.45, 2.75) is 52.0 Å². The van der Waals surface area contributed by atoms with Crippen molar-refractivity contribution < 1.29 is 9.90 Å². The van der Waals surface area contributed by atoms with Crippen LogP contribution in [-0.4, -0.2) is 20.6 Å². The molecule has 0 aliphatic heterocycles. The van der Waals surface area contributed by atoms with E-state index >= 15 is 0 Å². The highest BCUT2D eigenvalue weighted by Crippen LogP contribution is 2.28. The second kappa shape index (κ2) is 5.88. The Labute approximate surface area is 124 Å². The van der Waals surface area contributed by atoms with E-state index in [4.69, 9.17) is 0 Å². The van der Waals surface area contributed by atoms with Crippen LogP contribution in [0, 0.1) is 5.92 Å². The van der Waals surface area contributed by atoms with Gasteiger partial charge in [-0.15, -0.1) is 0 Å². The summed E-state index contributed by atoms with van der Waals surface area (Å²) in [6.45, 7) is 3.08. The van der Waals surface area contributed by atoms with Crippen LogP contribution in [0.2, 0.25) is 0 Å². The number of aryl methyl sites for hydroxylation is 1. The fourth-order valence-corrected chi connectivity index (χ4v) is 3.41. The highest BCUT2D eigenvalue weighted by Gasteiger charge is 2.18. The Kier molecular flexibility index (Phi) is 3.95. The number of nitrogens with zero attached hydrogens (tertiary/aromatic N) is 2. The molecule has 3 rings (SSSR count). The lowest BCUT2D eigenvalue weighted by atomic mass is 9.89. The molecule has 0 saturated heterocycles. The molecule has 2 aromatic rings. The predicted octanol–water partition coefficient (Wildman–Crippen LogP) is 3.88. The molecule has 0 radical (unpaired) electrons. The maximum atomic E-state index is 11.2. The van der Waals surface area contributed by atoms with Gasteiger partial charge in [0, 0.05) is 13.0 Å². The van der Waals surface area contributed by atoms with E-state index in [0.717, 1.165) is 29.8 Å².